The first-order valence-corrected chi connectivity index (χ1v) is 7.25. The molecule has 0 spiro atoms. The molecule has 0 aliphatic heterocycles. The lowest BCUT2D eigenvalue weighted by Gasteiger charge is -2.06. The number of nitrogens with one attached hydrogen (secondary N) is 2. The van der Waals surface area contributed by atoms with Crippen molar-refractivity contribution >= 4 is 15.7 Å². The number of anilines is 1. The maximum absolute atomic E-state index is 11.6. The van der Waals surface area contributed by atoms with Crippen molar-refractivity contribution < 1.29 is 8.42 Å². The lowest BCUT2D eigenvalue weighted by Crippen LogP contribution is -2.18. The second kappa shape index (κ2) is 5.41. The number of aryl methyl sites for hydroxylation is 1. The van der Waals surface area contributed by atoms with Crippen molar-refractivity contribution in [1.82, 2.24) is 14.5 Å². The Morgan fingerprint density at radius 3 is 2.42 bits per heavy atom. The van der Waals surface area contributed by atoms with Crippen LogP contribution in [-0.4, -0.2) is 25.2 Å². The Labute approximate surface area is 112 Å². The number of benzene rings is 1. The Morgan fingerprint density at radius 2 is 1.89 bits per heavy atom. The normalized spacial score (nSPS) is 11.5. The summed E-state index contributed by atoms with van der Waals surface area (Å²) in [5.41, 5.74) is 1.77. The molecule has 0 unspecified atom stereocenters. The monoisotopic (exact) mass is 280 g/mol. The fourth-order valence-corrected chi connectivity index (χ4v) is 2.35. The van der Waals surface area contributed by atoms with Crippen LogP contribution in [-0.2, 0) is 23.6 Å². The largest absolute Gasteiger partial charge is 0.379 e. The van der Waals surface area contributed by atoms with E-state index in [2.05, 4.69) is 15.1 Å². The summed E-state index contributed by atoms with van der Waals surface area (Å²) in [6.07, 6.45) is 1.87. The highest BCUT2D eigenvalue weighted by Gasteiger charge is 2.10. The minimum Gasteiger partial charge on any atom is -0.379 e. The Bertz CT molecular complexity index is 647. The fraction of sp³-hybridized carbons (Fsp3) is 0.250. The second-order valence-electron chi connectivity index (χ2n) is 4.07. The molecular weight excluding hydrogens is 264 g/mol. The smallest absolute Gasteiger partial charge is 0.240 e. The van der Waals surface area contributed by atoms with Crippen molar-refractivity contribution in [2.75, 3.05) is 12.4 Å². The van der Waals surface area contributed by atoms with Gasteiger partial charge in [0.15, 0.2) is 0 Å². The third-order valence-corrected chi connectivity index (χ3v) is 4.11. The van der Waals surface area contributed by atoms with Gasteiger partial charge in [-0.2, -0.15) is 5.10 Å². The van der Waals surface area contributed by atoms with Gasteiger partial charge in [0, 0.05) is 18.9 Å². The molecule has 6 nitrogen and oxygen atoms in total. The van der Waals surface area contributed by atoms with Crippen LogP contribution in [0.15, 0.2) is 41.4 Å². The summed E-state index contributed by atoms with van der Waals surface area (Å²) in [5, 5.41) is 7.42. The van der Waals surface area contributed by atoms with Crippen molar-refractivity contribution in [3.63, 3.8) is 0 Å². The van der Waals surface area contributed by atoms with E-state index in [0.717, 1.165) is 11.4 Å². The number of rotatable bonds is 5. The molecule has 0 saturated carbocycles. The van der Waals surface area contributed by atoms with Gasteiger partial charge in [-0.1, -0.05) is 0 Å². The lowest BCUT2D eigenvalue weighted by molar-refractivity contribution is 0.588. The molecule has 2 N–H and O–H groups in total. The van der Waals surface area contributed by atoms with E-state index in [1.165, 1.54) is 7.05 Å². The van der Waals surface area contributed by atoms with Gasteiger partial charge in [-0.3, -0.25) is 4.68 Å². The zero-order chi connectivity index (χ0) is 13.9. The van der Waals surface area contributed by atoms with Crippen LogP contribution >= 0.6 is 0 Å². The number of aromatic nitrogens is 2. The predicted octanol–water partition coefficient (Wildman–Crippen LogP) is 0.940. The maximum Gasteiger partial charge on any atom is 0.240 e. The van der Waals surface area contributed by atoms with Crippen LogP contribution in [0.2, 0.25) is 0 Å². The third kappa shape index (κ3) is 3.33. The first-order valence-electron chi connectivity index (χ1n) is 5.77. The summed E-state index contributed by atoms with van der Waals surface area (Å²) in [4.78, 5) is 0.249. The Hall–Kier alpha value is -1.86. The van der Waals surface area contributed by atoms with E-state index in [1.807, 2.05) is 19.3 Å². The average molecular weight is 280 g/mol. The molecule has 0 aliphatic rings. The molecule has 0 bridgehead atoms. The van der Waals surface area contributed by atoms with E-state index in [1.54, 1.807) is 28.9 Å². The quantitative estimate of drug-likeness (QED) is 0.854. The van der Waals surface area contributed by atoms with E-state index < -0.39 is 10.0 Å². The van der Waals surface area contributed by atoms with E-state index in [9.17, 15) is 8.42 Å². The van der Waals surface area contributed by atoms with E-state index >= 15 is 0 Å². The number of sulfonamides is 1. The Kier molecular flexibility index (Phi) is 3.87. The molecule has 1 aromatic heterocycles. The summed E-state index contributed by atoms with van der Waals surface area (Å²) in [7, 11) is -0.119. The van der Waals surface area contributed by atoms with E-state index in [0.29, 0.717) is 6.54 Å². The van der Waals surface area contributed by atoms with Crippen molar-refractivity contribution in [2.45, 2.75) is 11.4 Å². The Morgan fingerprint density at radius 1 is 1.21 bits per heavy atom. The van der Waals surface area contributed by atoms with Crippen molar-refractivity contribution in [3.05, 3.63) is 42.2 Å². The zero-order valence-corrected chi connectivity index (χ0v) is 11.6. The van der Waals surface area contributed by atoms with E-state index in [4.69, 9.17) is 0 Å². The van der Waals surface area contributed by atoms with Crippen molar-refractivity contribution in [3.8, 4) is 0 Å². The molecule has 7 heteroatoms. The van der Waals surface area contributed by atoms with Crippen LogP contribution in [0.4, 0.5) is 5.69 Å². The van der Waals surface area contributed by atoms with Crippen LogP contribution in [0.3, 0.4) is 0 Å². The highest BCUT2D eigenvalue weighted by molar-refractivity contribution is 7.89. The lowest BCUT2D eigenvalue weighted by atomic mass is 10.3. The SMILES string of the molecule is CNS(=O)(=O)c1ccc(NCc2ccn(C)n2)cc1. The summed E-state index contributed by atoms with van der Waals surface area (Å²) < 4.78 is 27.1. The summed E-state index contributed by atoms with van der Waals surface area (Å²) in [5.74, 6) is 0. The van der Waals surface area contributed by atoms with Crippen LogP contribution in [0, 0.1) is 0 Å². The molecule has 0 saturated heterocycles. The van der Waals surface area contributed by atoms with Gasteiger partial charge >= 0.3 is 0 Å². The molecule has 1 aromatic carbocycles. The third-order valence-electron chi connectivity index (χ3n) is 2.68. The molecule has 0 amide bonds. The highest BCUT2D eigenvalue weighted by Crippen LogP contribution is 2.14. The van der Waals surface area contributed by atoms with Crippen LogP contribution < -0.4 is 10.0 Å². The van der Waals surface area contributed by atoms with E-state index in [-0.39, 0.29) is 4.90 Å². The minimum absolute atomic E-state index is 0.249. The van der Waals surface area contributed by atoms with Crippen molar-refractivity contribution in [2.24, 2.45) is 7.05 Å². The predicted molar refractivity (Wildman–Crippen MR) is 73.2 cm³/mol. The molecule has 0 atom stereocenters. The zero-order valence-electron chi connectivity index (χ0n) is 10.8. The van der Waals surface area contributed by atoms with Gasteiger partial charge in [0.2, 0.25) is 10.0 Å². The van der Waals surface area contributed by atoms with Crippen LogP contribution in [0.5, 0.6) is 0 Å². The molecule has 0 aliphatic carbocycles. The van der Waals surface area contributed by atoms with Gasteiger partial charge in [0.05, 0.1) is 17.1 Å². The first kappa shape index (κ1) is 13.6. The van der Waals surface area contributed by atoms with Gasteiger partial charge in [-0.15, -0.1) is 0 Å². The molecule has 1 heterocycles. The molecular formula is C12H16N4O2S. The van der Waals surface area contributed by atoms with Gasteiger partial charge in [-0.25, -0.2) is 13.1 Å². The van der Waals surface area contributed by atoms with Crippen LogP contribution in [0.1, 0.15) is 5.69 Å². The topological polar surface area (TPSA) is 76.0 Å². The summed E-state index contributed by atoms with van der Waals surface area (Å²) in [6.45, 7) is 0.596. The maximum atomic E-state index is 11.6. The van der Waals surface area contributed by atoms with Gasteiger partial charge in [-0.05, 0) is 37.4 Å². The van der Waals surface area contributed by atoms with Crippen LogP contribution in [0.25, 0.3) is 0 Å². The molecule has 0 radical (unpaired) electrons. The molecule has 19 heavy (non-hydrogen) atoms. The Balaban J connectivity index is 2.03. The highest BCUT2D eigenvalue weighted by atomic mass is 32.2. The average Bonchev–Trinajstić information content (AvgIpc) is 2.83. The molecule has 102 valence electrons. The summed E-state index contributed by atoms with van der Waals surface area (Å²) in [6, 6.07) is 8.51. The second-order valence-corrected chi connectivity index (χ2v) is 5.95. The fourth-order valence-electron chi connectivity index (χ4n) is 1.62. The number of hydrogen-bond acceptors (Lipinski definition) is 4. The first-order chi connectivity index (χ1) is 9.01. The van der Waals surface area contributed by atoms with Crippen molar-refractivity contribution in [1.29, 1.82) is 0 Å². The van der Waals surface area contributed by atoms with Gasteiger partial charge in [0.1, 0.15) is 0 Å². The standard InChI is InChI=1S/C12H16N4O2S/c1-13-19(17,18)12-5-3-10(4-6-12)14-9-11-7-8-16(2)15-11/h3-8,13-14H,9H2,1-2H3. The molecule has 2 rings (SSSR count). The van der Waals surface area contributed by atoms with Gasteiger partial charge in [0.25, 0.3) is 0 Å². The summed E-state index contributed by atoms with van der Waals surface area (Å²) >= 11 is 0. The number of nitrogens with zero attached hydrogens (tertiary/aromatic N) is 2. The number of hydrogen-bond donors (Lipinski definition) is 2. The molecule has 2 aromatic rings. The minimum atomic E-state index is -3.37. The van der Waals surface area contributed by atoms with Gasteiger partial charge < -0.3 is 5.32 Å². The molecule has 0 fully saturated rings.